The Morgan fingerprint density at radius 3 is 2.58 bits per heavy atom. The lowest BCUT2D eigenvalue weighted by molar-refractivity contribution is -0.130. The van der Waals surface area contributed by atoms with Crippen LogP contribution in [0.4, 0.5) is 8.78 Å². The highest BCUT2D eigenvalue weighted by Crippen LogP contribution is 2.33. The van der Waals surface area contributed by atoms with E-state index in [1.54, 1.807) is 0 Å². The molecule has 190 valence electrons. The summed E-state index contributed by atoms with van der Waals surface area (Å²) >= 11 is 0. The summed E-state index contributed by atoms with van der Waals surface area (Å²) in [6.07, 6.45) is 7.31. The van der Waals surface area contributed by atoms with E-state index in [9.17, 15) is 23.6 Å². The molecule has 10 heteroatoms. The van der Waals surface area contributed by atoms with Crippen LogP contribution in [0.3, 0.4) is 0 Å². The molecule has 2 saturated carbocycles. The van der Waals surface area contributed by atoms with E-state index in [0.29, 0.717) is 31.8 Å². The second-order valence-electron chi connectivity index (χ2n) is 10.1. The fraction of sp³-hybridized carbons (Fsp3) is 0.538. The number of rotatable bonds is 6. The van der Waals surface area contributed by atoms with Crippen molar-refractivity contribution in [1.29, 1.82) is 5.26 Å². The first kappa shape index (κ1) is 24.4. The number of nitrogens with one attached hydrogen (secondary N) is 2. The first-order valence-electron chi connectivity index (χ1n) is 12.6. The molecule has 2 aromatic rings. The molecule has 1 saturated heterocycles. The first-order chi connectivity index (χ1) is 17.4. The van der Waals surface area contributed by atoms with Gasteiger partial charge in [0.05, 0.1) is 17.6 Å². The molecule has 2 N–H and O–H groups in total. The van der Waals surface area contributed by atoms with Gasteiger partial charge in [-0.05, 0) is 50.7 Å². The number of aromatic nitrogens is 1. The molecule has 3 fully saturated rings. The normalized spacial score (nSPS) is 24.0. The van der Waals surface area contributed by atoms with Crippen LogP contribution in [-0.4, -0.2) is 52.6 Å². The number of nitriles is 1. The highest BCUT2D eigenvalue weighted by atomic mass is 19.1. The molecule has 0 unspecified atom stereocenters. The Hall–Kier alpha value is -3.32. The summed E-state index contributed by atoms with van der Waals surface area (Å²) in [5.74, 6) is -2.82. The van der Waals surface area contributed by atoms with Crippen LogP contribution in [0, 0.1) is 28.9 Å². The Bertz CT molecular complexity index is 1180. The number of halogens is 2. The second-order valence-corrected chi connectivity index (χ2v) is 10.1. The van der Waals surface area contributed by atoms with Crippen LogP contribution >= 0.6 is 0 Å². The zero-order valence-corrected chi connectivity index (χ0v) is 19.9. The van der Waals surface area contributed by atoms with Crippen molar-refractivity contribution in [2.24, 2.45) is 5.92 Å². The molecule has 2 heterocycles. The largest absolute Gasteiger partial charge is 0.355 e. The van der Waals surface area contributed by atoms with Gasteiger partial charge >= 0.3 is 0 Å². The number of carbonyl (C=O) groups is 2. The van der Waals surface area contributed by atoms with Crippen LogP contribution in [0.1, 0.15) is 61.9 Å². The molecule has 1 aliphatic heterocycles. The summed E-state index contributed by atoms with van der Waals surface area (Å²) in [7, 11) is 0. The van der Waals surface area contributed by atoms with E-state index >= 15 is 0 Å². The quantitative estimate of drug-likeness (QED) is 0.632. The van der Waals surface area contributed by atoms with Crippen LogP contribution in [0.25, 0.3) is 11.3 Å². The molecule has 2 atom stereocenters. The summed E-state index contributed by atoms with van der Waals surface area (Å²) in [6, 6.07) is 6.58. The van der Waals surface area contributed by atoms with Crippen molar-refractivity contribution in [3.63, 3.8) is 0 Å². The summed E-state index contributed by atoms with van der Waals surface area (Å²) in [5, 5.41) is 19.2. The van der Waals surface area contributed by atoms with Gasteiger partial charge in [-0.3, -0.25) is 14.5 Å². The molecular weight excluding hydrogens is 468 g/mol. The Balaban J connectivity index is 1.31. The van der Waals surface area contributed by atoms with Gasteiger partial charge in [0.25, 0.3) is 5.91 Å². The molecular formula is C26H29F2N5O3. The standard InChI is InChI=1S/C26H29F2N5O3/c27-16-6-7-18(20(28)12-16)23-13-22(32-36-23)25(35)30-21-8-11-33(17-4-1-2-5-17)14-19(21)24(34)31-26(15-29)9-3-10-26/h6-7,12-13,17,19,21H,1-5,8-11,14H2,(H,30,35)(H,31,34)/t19-,21-/m1/s1. The number of piperidine rings is 1. The minimum absolute atomic E-state index is 0.00365. The Morgan fingerprint density at radius 1 is 1.14 bits per heavy atom. The van der Waals surface area contributed by atoms with Crippen molar-refractivity contribution in [2.45, 2.75) is 69.0 Å². The minimum Gasteiger partial charge on any atom is -0.355 e. The van der Waals surface area contributed by atoms with Gasteiger partial charge in [-0.25, -0.2) is 8.78 Å². The van der Waals surface area contributed by atoms with Crippen molar-refractivity contribution in [1.82, 2.24) is 20.7 Å². The summed E-state index contributed by atoms with van der Waals surface area (Å²) in [6.45, 7) is 1.27. The lowest BCUT2D eigenvalue weighted by Crippen LogP contribution is -2.61. The molecule has 2 aliphatic carbocycles. The van der Waals surface area contributed by atoms with Crippen LogP contribution < -0.4 is 10.6 Å². The molecule has 0 spiro atoms. The highest BCUT2D eigenvalue weighted by Gasteiger charge is 2.44. The summed E-state index contributed by atoms with van der Waals surface area (Å²) < 4.78 is 32.5. The average molecular weight is 498 g/mol. The van der Waals surface area contributed by atoms with Gasteiger partial charge in [-0.1, -0.05) is 18.0 Å². The maximum Gasteiger partial charge on any atom is 0.273 e. The minimum atomic E-state index is -0.823. The maximum atomic E-state index is 14.1. The zero-order valence-electron chi connectivity index (χ0n) is 19.9. The third-order valence-electron chi connectivity index (χ3n) is 7.86. The number of hydrogen-bond acceptors (Lipinski definition) is 6. The molecule has 0 bridgehead atoms. The van der Waals surface area contributed by atoms with Crippen LogP contribution in [0.5, 0.6) is 0 Å². The predicted octanol–water partition coefficient (Wildman–Crippen LogP) is 3.55. The third kappa shape index (κ3) is 4.85. The van der Waals surface area contributed by atoms with Crippen molar-refractivity contribution >= 4 is 11.8 Å². The van der Waals surface area contributed by atoms with Gasteiger partial charge in [0.1, 0.15) is 17.2 Å². The van der Waals surface area contributed by atoms with E-state index in [-0.39, 0.29) is 22.9 Å². The monoisotopic (exact) mass is 497 g/mol. The van der Waals surface area contributed by atoms with E-state index in [1.807, 2.05) is 0 Å². The number of carbonyl (C=O) groups excluding carboxylic acids is 2. The van der Waals surface area contributed by atoms with E-state index in [4.69, 9.17) is 4.52 Å². The van der Waals surface area contributed by atoms with Crippen LogP contribution in [-0.2, 0) is 4.79 Å². The summed E-state index contributed by atoms with van der Waals surface area (Å²) in [5.41, 5.74) is -0.882. The Morgan fingerprint density at radius 2 is 1.92 bits per heavy atom. The molecule has 8 nitrogen and oxygen atoms in total. The summed E-state index contributed by atoms with van der Waals surface area (Å²) in [4.78, 5) is 28.7. The molecule has 36 heavy (non-hydrogen) atoms. The van der Waals surface area contributed by atoms with E-state index in [1.165, 1.54) is 25.0 Å². The molecule has 0 radical (unpaired) electrons. The van der Waals surface area contributed by atoms with Crippen molar-refractivity contribution in [3.05, 3.63) is 41.6 Å². The average Bonchev–Trinajstić information content (AvgIpc) is 3.54. The molecule has 1 aromatic carbocycles. The van der Waals surface area contributed by atoms with Gasteiger partial charge in [-0.15, -0.1) is 0 Å². The van der Waals surface area contributed by atoms with Gasteiger partial charge in [0.2, 0.25) is 5.91 Å². The second kappa shape index (κ2) is 9.97. The van der Waals surface area contributed by atoms with Gasteiger partial charge < -0.3 is 15.2 Å². The van der Waals surface area contributed by atoms with Crippen molar-refractivity contribution in [3.8, 4) is 17.4 Å². The van der Waals surface area contributed by atoms with Crippen LogP contribution in [0.15, 0.2) is 28.8 Å². The third-order valence-corrected chi connectivity index (χ3v) is 7.86. The zero-order chi connectivity index (χ0) is 25.3. The van der Waals surface area contributed by atoms with Gasteiger partial charge in [0.15, 0.2) is 11.5 Å². The molecule has 3 aliphatic rings. The number of hydrogen-bond donors (Lipinski definition) is 2. The Kier molecular flexibility index (Phi) is 6.75. The van der Waals surface area contributed by atoms with Crippen LogP contribution in [0.2, 0.25) is 0 Å². The first-order valence-corrected chi connectivity index (χ1v) is 12.6. The van der Waals surface area contributed by atoms with Crippen molar-refractivity contribution in [2.75, 3.05) is 13.1 Å². The highest BCUT2D eigenvalue weighted by molar-refractivity contribution is 5.94. The van der Waals surface area contributed by atoms with Crippen molar-refractivity contribution < 1.29 is 22.9 Å². The lowest BCUT2D eigenvalue weighted by Gasteiger charge is -2.43. The predicted molar refractivity (Wildman–Crippen MR) is 125 cm³/mol. The topological polar surface area (TPSA) is 111 Å². The fourth-order valence-electron chi connectivity index (χ4n) is 5.58. The van der Waals surface area contributed by atoms with E-state index in [2.05, 4.69) is 26.8 Å². The number of amides is 2. The SMILES string of the molecule is N#CC1(NC(=O)[C@@H]2CN(C3CCCC3)CC[C@H]2NC(=O)c2cc(-c3ccc(F)cc3F)on2)CCC1. The molecule has 2 amide bonds. The number of nitrogens with zero attached hydrogens (tertiary/aromatic N) is 3. The fourth-order valence-corrected chi connectivity index (χ4v) is 5.58. The van der Waals surface area contributed by atoms with E-state index < -0.39 is 35.0 Å². The number of likely N-dealkylation sites (tertiary alicyclic amines) is 1. The lowest BCUT2D eigenvalue weighted by atomic mass is 9.77. The van der Waals surface area contributed by atoms with Gasteiger partial charge in [0, 0.05) is 37.3 Å². The Labute approximate surface area is 208 Å². The van der Waals surface area contributed by atoms with Gasteiger partial charge in [-0.2, -0.15) is 5.26 Å². The number of benzene rings is 1. The maximum absolute atomic E-state index is 14.1. The molecule has 1 aromatic heterocycles. The van der Waals surface area contributed by atoms with E-state index in [0.717, 1.165) is 37.9 Å². The molecule has 5 rings (SSSR count). The smallest absolute Gasteiger partial charge is 0.273 e.